The lowest BCUT2D eigenvalue weighted by Crippen LogP contribution is -2.06. The fraction of sp³-hybridized carbons (Fsp3) is 0.235. The van der Waals surface area contributed by atoms with Crippen LogP contribution < -0.4 is 4.74 Å². The van der Waals surface area contributed by atoms with Crippen molar-refractivity contribution in [3.8, 4) is 5.75 Å². The van der Waals surface area contributed by atoms with Crippen molar-refractivity contribution in [2.75, 3.05) is 0 Å². The summed E-state index contributed by atoms with van der Waals surface area (Å²) in [7, 11) is 0. The summed E-state index contributed by atoms with van der Waals surface area (Å²) in [5.41, 5.74) is 4.41. The number of carboxylic acid groups (broad SMARTS) is 1. The summed E-state index contributed by atoms with van der Waals surface area (Å²) in [6.45, 7) is 6.27. The Morgan fingerprint density at radius 2 is 1.85 bits per heavy atom. The van der Waals surface area contributed by atoms with Gasteiger partial charge >= 0.3 is 5.97 Å². The molecular formula is C17H18O3. The van der Waals surface area contributed by atoms with E-state index in [9.17, 15) is 9.90 Å². The molecule has 0 unspecified atom stereocenters. The minimum absolute atomic E-state index is 0.204. The molecule has 0 aliphatic rings. The van der Waals surface area contributed by atoms with Crippen molar-refractivity contribution in [2.24, 2.45) is 0 Å². The van der Waals surface area contributed by atoms with Crippen LogP contribution in [-0.2, 0) is 6.61 Å². The zero-order valence-corrected chi connectivity index (χ0v) is 11.9. The van der Waals surface area contributed by atoms with Crippen LogP contribution in [0, 0.1) is 20.8 Å². The number of hydrogen-bond donors (Lipinski definition) is 1. The Bertz CT molecular complexity index is 645. The number of hydrogen-bond acceptors (Lipinski definition) is 2. The van der Waals surface area contributed by atoms with Gasteiger partial charge < -0.3 is 9.84 Å². The lowest BCUT2D eigenvalue weighted by atomic mass is 10.1. The average molecular weight is 270 g/mol. The fourth-order valence-corrected chi connectivity index (χ4v) is 2.12. The molecule has 0 aromatic heterocycles. The molecule has 0 bridgehead atoms. The quantitative estimate of drug-likeness (QED) is 0.916. The van der Waals surface area contributed by atoms with Crippen molar-refractivity contribution in [1.82, 2.24) is 0 Å². The zero-order chi connectivity index (χ0) is 14.7. The van der Waals surface area contributed by atoms with E-state index >= 15 is 0 Å². The molecular weight excluding hydrogens is 252 g/mol. The fourth-order valence-electron chi connectivity index (χ4n) is 2.12. The van der Waals surface area contributed by atoms with Gasteiger partial charge in [0, 0.05) is 0 Å². The number of carboxylic acids is 1. The second-order valence-corrected chi connectivity index (χ2v) is 4.98. The first kappa shape index (κ1) is 14.1. The summed E-state index contributed by atoms with van der Waals surface area (Å²) >= 11 is 0. The molecule has 2 aromatic carbocycles. The Morgan fingerprint density at radius 3 is 2.55 bits per heavy atom. The van der Waals surface area contributed by atoms with Crippen LogP contribution in [-0.4, -0.2) is 11.1 Å². The Hall–Kier alpha value is -2.29. The molecule has 0 saturated carbocycles. The van der Waals surface area contributed by atoms with Gasteiger partial charge in [0.2, 0.25) is 0 Å². The van der Waals surface area contributed by atoms with Gasteiger partial charge in [0.05, 0.1) is 0 Å². The number of aryl methyl sites for hydroxylation is 3. The third-order valence-electron chi connectivity index (χ3n) is 3.32. The molecule has 1 N–H and O–H groups in total. The number of para-hydroxylation sites is 1. The summed E-state index contributed by atoms with van der Waals surface area (Å²) in [5.74, 6) is -0.523. The second-order valence-electron chi connectivity index (χ2n) is 4.98. The Kier molecular flexibility index (Phi) is 4.08. The minimum atomic E-state index is -0.968. The molecule has 3 nitrogen and oxygen atoms in total. The molecule has 0 radical (unpaired) electrons. The highest BCUT2D eigenvalue weighted by atomic mass is 16.5. The van der Waals surface area contributed by atoms with Crippen LogP contribution in [0.1, 0.15) is 32.6 Å². The standard InChI is InChI=1S/C17H18O3/c1-11-7-8-12(2)14(9-11)10-20-16-13(3)5-4-6-15(16)17(18)19/h4-9H,10H2,1-3H3,(H,18,19). The van der Waals surface area contributed by atoms with Crippen molar-refractivity contribution in [3.63, 3.8) is 0 Å². The van der Waals surface area contributed by atoms with Crippen molar-refractivity contribution in [3.05, 3.63) is 64.2 Å². The highest BCUT2D eigenvalue weighted by Gasteiger charge is 2.13. The molecule has 0 heterocycles. The van der Waals surface area contributed by atoms with E-state index in [0.29, 0.717) is 12.4 Å². The van der Waals surface area contributed by atoms with E-state index in [1.807, 2.05) is 32.9 Å². The van der Waals surface area contributed by atoms with Gasteiger partial charge in [0.25, 0.3) is 0 Å². The Labute approximate surface area is 118 Å². The molecule has 0 fully saturated rings. The summed E-state index contributed by atoms with van der Waals surface area (Å²) in [4.78, 5) is 11.2. The predicted octanol–water partition coefficient (Wildman–Crippen LogP) is 3.89. The zero-order valence-electron chi connectivity index (χ0n) is 11.9. The van der Waals surface area contributed by atoms with Crippen molar-refractivity contribution >= 4 is 5.97 Å². The lowest BCUT2D eigenvalue weighted by Gasteiger charge is -2.13. The molecule has 104 valence electrons. The summed E-state index contributed by atoms with van der Waals surface area (Å²) in [6.07, 6.45) is 0. The molecule has 20 heavy (non-hydrogen) atoms. The highest BCUT2D eigenvalue weighted by Crippen LogP contribution is 2.25. The van der Waals surface area contributed by atoms with Gasteiger partial charge in [0.15, 0.2) is 0 Å². The smallest absolute Gasteiger partial charge is 0.339 e. The first-order chi connectivity index (χ1) is 9.49. The maximum atomic E-state index is 11.2. The molecule has 0 amide bonds. The summed E-state index contributed by atoms with van der Waals surface area (Å²) in [6, 6.07) is 11.3. The van der Waals surface area contributed by atoms with Crippen LogP contribution in [0.5, 0.6) is 5.75 Å². The summed E-state index contributed by atoms with van der Waals surface area (Å²) in [5, 5.41) is 9.21. The largest absolute Gasteiger partial charge is 0.488 e. The monoisotopic (exact) mass is 270 g/mol. The molecule has 0 aliphatic heterocycles. The molecule has 2 rings (SSSR count). The normalized spacial score (nSPS) is 10.3. The number of benzene rings is 2. The van der Waals surface area contributed by atoms with E-state index in [1.54, 1.807) is 12.1 Å². The number of aromatic carboxylic acids is 1. The molecule has 0 aliphatic carbocycles. The SMILES string of the molecule is Cc1ccc(C)c(COc2c(C)cccc2C(=O)O)c1. The van der Waals surface area contributed by atoms with Crippen LogP contribution in [0.15, 0.2) is 36.4 Å². The van der Waals surface area contributed by atoms with Crippen LogP contribution >= 0.6 is 0 Å². The first-order valence-electron chi connectivity index (χ1n) is 6.51. The van der Waals surface area contributed by atoms with Gasteiger partial charge in [-0.3, -0.25) is 0 Å². The highest BCUT2D eigenvalue weighted by molar-refractivity contribution is 5.91. The summed E-state index contributed by atoms with van der Waals surface area (Å²) < 4.78 is 5.77. The van der Waals surface area contributed by atoms with Crippen molar-refractivity contribution in [1.29, 1.82) is 0 Å². The molecule has 0 saturated heterocycles. The van der Waals surface area contributed by atoms with Gasteiger partial charge in [-0.25, -0.2) is 4.79 Å². The minimum Gasteiger partial charge on any atom is -0.488 e. The van der Waals surface area contributed by atoms with E-state index < -0.39 is 5.97 Å². The van der Waals surface area contributed by atoms with Crippen LogP contribution in [0.3, 0.4) is 0 Å². The maximum absolute atomic E-state index is 11.2. The predicted molar refractivity (Wildman–Crippen MR) is 78.4 cm³/mol. The Balaban J connectivity index is 2.27. The molecule has 0 spiro atoms. The van der Waals surface area contributed by atoms with E-state index in [4.69, 9.17) is 4.74 Å². The van der Waals surface area contributed by atoms with Gasteiger partial charge in [-0.05, 0) is 43.5 Å². The van der Waals surface area contributed by atoms with E-state index in [2.05, 4.69) is 12.1 Å². The number of rotatable bonds is 4. The third-order valence-corrected chi connectivity index (χ3v) is 3.32. The second kappa shape index (κ2) is 5.78. The van der Waals surface area contributed by atoms with Gasteiger partial charge in [-0.1, -0.05) is 35.9 Å². The molecule has 3 heteroatoms. The van der Waals surface area contributed by atoms with Gasteiger partial charge in [-0.2, -0.15) is 0 Å². The Morgan fingerprint density at radius 1 is 1.10 bits per heavy atom. The van der Waals surface area contributed by atoms with E-state index in [1.165, 1.54) is 0 Å². The van der Waals surface area contributed by atoms with Crippen LogP contribution in [0.2, 0.25) is 0 Å². The maximum Gasteiger partial charge on any atom is 0.339 e. The van der Waals surface area contributed by atoms with Crippen LogP contribution in [0.4, 0.5) is 0 Å². The van der Waals surface area contributed by atoms with Crippen molar-refractivity contribution in [2.45, 2.75) is 27.4 Å². The van der Waals surface area contributed by atoms with Gasteiger partial charge in [-0.15, -0.1) is 0 Å². The lowest BCUT2D eigenvalue weighted by molar-refractivity contribution is 0.0691. The van der Waals surface area contributed by atoms with Gasteiger partial charge in [0.1, 0.15) is 17.9 Å². The number of carbonyl (C=O) groups is 1. The van der Waals surface area contributed by atoms with Crippen molar-refractivity contribution < 1.29 is 14.6 Å². The van der Waals surface area contributed by atoms with E-state index in [-0.39, 0.29) is 5.56 Å². The first-order valence-corrected chi connectivity index (χ1v) is 6.51. The molecule has 0 atom stereocenters. The topological polar surface area (TPSA) is 46.5 Å². The van der Waals surface area contributed by atoms with E-state index in [0.717, 1.165) is 22.3 Å². The average Bonchev–Trinajstić information content (AvgIpc) is 2.40. The van der Waals surface area contributed by atoms with Crippen LogP contribution in [0.25, 0.3) is 0 Å². The third kappa shape index (κ3) is 2.99. The number of ether oxygens (including phenoxy) is 1. The molecule has 2 aromatic rings.